The van der Waals surface area contributed by atoms with Crippen LogP contribution < -0.4 is 10.6 Å². The van der Waals surface area contributed by atoms with E-state index < -0.39 is 0 Å². The van der Waals surface area contributed by atoms with Crippen molar-refractivity contribution in [2.45, 2.75) is 6.04 Å². The molecule has 1 aliphatic heterocycles. The molecule has 5 heteroatoms. The molecule has 16 heavy (non-hydrogen) atoms. The van der Waals surface area contributed by atoms with Crippen LogP contribution in [0.25, 0.3) is 0 Å². The van der Waals surface area contributed by atoms with Crippen molar-refractivity contribution in [3.05, 3.63) is 22.8 Å². The van der Waals surface area contributed by atoms with E-state index in [4.69, 9.17) is 5.73 Å². The summed E-state index contributed by atoms with van der Waals surface area (Å²) in [4.78, 5) is 9.04. The molecule has 0 amide bonds. The smallest absolute Gasteiger partial charge is 0.143 e. The van der Waals surface area contributed by atoms with Crippen molar-refractivity contribution in [3.8, 4) is 0 Å². The second kappa shape index (κ2) is 5.12. The molecule has 0 spiro atoms. The van der Waals surface area contributed by atoms with E-state index in [9.17, 15) is 0 Å². The number of halogens is 1. The Hall–Kier alpha value is -0.650. The first kappa shape index (κ1) is 11.8. The maximum absolute atomic E-state index is 5.83. The summed E-state index contributed by atoms with van der Waals surface area (Å²) < 4.78 is 1.04. The maximum Gasteiger partial charge on any atom is 0.143 e. The van der Waals surface area contributed by atoms with E-state index in [1.54, 1.807) is 0 Å². The SMILES string of the molecule is CN1CCN(c2ncccc2Br)C(CN)C1. The lowest BCUT2D eigenvalue weighted by Crippen LogP contribution is -2.55. The van der Waals surface area contributed by atoms with Crippen molar-refractivity contribution in [1.82, 2.24) is 9.88 Å². The summed E-state index contributed by atoms with van der Waals surface area (Å²) in [6, 6.07) is 4.31. The topological polar surface area (TPSA) is 45.4 Å². The van der Waals surface area contributed by atoms with E-state index in [0.29, 0.717) is 12.6 Å². The quantitative estimate of drug-likeness (QED) is 0.878. The number of pyridine rings is 1. The predicted molar refractivity (Wildman–Crippen MR) is 69.6 cm³/mol. The number of nitrogens with two attached hydrogens (primary N) is 1. The molecule has 4 nitrogen and oxygen atoms in total. The summed E-state index contributed by atoms with van der Waals surface area (Å²) in [5.74, 6) is 1.01. The molecule has 1 aliphatic rings. The zero-order valence-corrected chi connectivity index (χ0v) is 11.0. The summed E-state index contributed by atoms with van der Waals surface area (Å²) in [6.45, 7) is 3.69. The minimum atomic E-state index is 0.352. The highest BCUT2D eigenvalue weighted by atomic mass is 79.9. The molecule has 0 saturated carbocycles. The van der Waals surface area contributed by atoms with Gasteiger partial charge in [0.15, 0.2) is 0 Å². The largest absolute Gasteiger partial charge is 0.349 e. The van der Waals surface area contributed by atoms with Crippen LogP contribution in [0.4, 0.5) is 5.82 Å². The van der Waals surface area contributed by atoms with Crippen LogP contribution in [0.2, 0.25) is 0 Å². The van der Waals surface area contributed by atoms with Gasteiger partial charge in [-0.3, -0.25) is 0 Å². The van der Waals surface area contributed by atoms with Crippen molar-refractivity contribution in [1.29, 1.82) is 0 Å². The monoisotopic (exact) mass is 284 g/mol. The summed E-state index contributed by atoms with van der Waals surface area (Å²) in [5.41, 5.74) is 5.83. The molecule has 1 saturated heterocycles. The van der Waals surface area contributed by atoms with Crippen LogP contribution in [0.5, 0.6) is 0 Å². The van der Waals surface area contributed by atoms with Gasteiger partial charge in [0.25, 0.3) is 0 Å². The first-order valence-corrected chi connectivity index (χ1v) is 6.27. The van der Waals surface area contributed by atoms with E-state index in [1.807, 2.05) is 18.3 Å². The summed E-state index contributed by atoms with van der Waals surface area (Å²) in [7, 11) is 2.13. The molecule has 1 fully saturated rings. The Morgan fingerprint density at radius 1 is 1.56 bits per heavy atom. The number of hydrogen-bond donors (Lipinski definition) is 1. The molecule has 2 heterocycles. The molecular weight excluding hydrogens is 268 g/mol. The molecule has 2 N–H and O–H groups in total. The van der Waals surface area contributed by atoms with Crippen LogP contribution in [0, 0.1) is 0 Å². The lowest BCUT2D eigenvalue weighted by Gasteiger charge is -2.40. The standard InChI is InChI=1S/C11H17BrN4/c1-15-5-6-16(9(7-13)8-15)11-10(12)3-2-4-14-11/h2-4,9H,5-8,13H2,1H3. The van der Waals surface area contributed by atoms with E-state index in [-0.39, 0.29) is 0 Å². The van der Waals surface area contributed by atoms with Crippen LogP contribution in [0.3, 0.4) is 0 Å². The van der Waals surface area contributed by atoms with Gasteiger partial charge >= 0.3 is 0 Å². The number of aromatic nitrogens is 1. The van der Waals surface area contributed by atoms with Crippen molar-refractivity contribution in [2.75, 3.05) is 38.1 Å². The van der Waals surface area contributed by atoms with Crippen molar-refractivity contribution >= 4 is 21.7 Å². The number of nitrogens with zero attached hydrogens (tertiary/aromatic N) is 3. The van der Waals surface area contributed by atoms with Crippen LogP contribution in [0.1, 0.15) is 0 Å². The third-order valence-corrected chi connectivity index (χ3v) is 3.59. The van der Waals surface area contributed by atoms with Crippen LogP contribution >= 0.6 is 15.9 Å². The molecule has 1 aromatic rings. The van der Waals surface area contributed by atoms with Gasteiger partial charge in [-0.25, -0.2) is 4.98 Å². The lowest BCUT2D eigenvalue weighted by molar-refractivity contribution is 0.268. The Morgan fingerprint density at radius 3 is 3.06 bits per heavy atom. The van der Waals surface area contributed by atoms with Gasteiger partial charge in [0.1, 0.15) is 5.82 Å². The fourth-order valence-corrected chi connectivity index (χ4v) is 2.56. The Bertz CT molecular complexity index is 358. The molecule has 0 radical (unpaired) electrons. The molecule has 1 aromatic heterocycles. The van der Waals surface area contributed by atoms with Crippen molar-refractivity contribution in [3.63, 3.8) is 0 Å². The highest BCUT2D eigenvalue weighted by molar-refractivity contribution is 9.10. The summed E-state index contributed by atoms with van der Waals surface area (Å²) in [6.07, 6.45) is 1.83. The number of anilines is 1. The molecule has 1 unspecified atom stereocenters. The summed E-state index contributed by atoms with van der Waals surface area (Å²) >= 11 is 3.55. The highest BCUT2D eigenvalue weighted by Gasteiger charge is 2.26. The van der Waals surface area contributed by atoms with Gasteiger partial charge in [0.05, 0.1) is 10.5 Å². The minimum absolute atomic E-state index is 0.352. The number of piperazine rings is 1. The second-order valence-electron chi connectivity index (χ2n) is 4.15. The van der Waals surface area contributed by atoms with E-state index in [2.05, 4.69) is 37.8 Å². The van der Waals surface area contributed by atoms with Crippen LogP contribution in [0.15, 0.2) is 22.8 Å². The van der Waals surface area contributed by atoms with Crippen LogP contribution in [-0.4, -0.2) is 49.2 Å². The Labute approximate surface area is 105 Å². The Kier molecular flexibility index (Phi) is 3.78. The fourth-order valence-electron chi connectivity index (χ4n) is 2.08. The zero-order valence-electron chi connectivity index (χ0n) is 9.43. The molecule has 0 aromatic carbocycles. The number of likely N-dealkylation sites (N-methyl/N-ethyl adjacent to an activating group) is 1. The molecule has 0 aliphatic carbocycles. The second-order valence-corrected chi connectivity index (χ2v) is 5.01. The average Bonchev–Trinajstić information content (AvgIpc) is 2.30. The van der Waals surface area contributed by atoms with Crippen molar-refractivity contribution < 1.29 is 0 Å². The van der Waals surface area contributed by atoms with Crippen LogP contribution in [-0.2, 0) is 0 Å². The molecule has 0 bridgehead atoms. The number of rotatable bonds is 2. The Morgan fingerprint density at radius 2 is 2.38 bits per heavy atom. The fraction of sp³-hybridized carbons (Fsp3) is 0.545. The van der Waals surface area contributed by atoms with Gasteiger partial charge in [0.2, 0.25) is 0 Å². The molecule has 2 rings (SSSR count). The number of hydrogen-bond acceptors (Lipinski definition) is 4. The average molecular weight is 285 g/mol. The van der Waals surface area contributed by atoms with Crippen molar-refractivity contribution in [2.24, 2.45) is 5.73 Å². The zero-order chi connectivity index (χ0) is 11.5. The van der Waals surface area contributed by atoms with Gasteiger partial charge in [0, 0.05) is 32.4 Å². The minimum Gasteiger partial charge on any atom is -0.349 e. The van der Waals surface area contributed by atoms with Gasteiger partial charge in [-0.05, 0) is 35.1 Å². The van der Waals surface area contributed by atoms with Gasteiger partial charge in [-0.15, -0.1) is 0 Å². The first-order valence-electron chi connectivity index (χ1n) is 5.48. The van der Waals surface area contributed by atoms with Gasteiger partial charge in [-0.1, -0.05) is 0 Å². The van der Waals surface area contributed by atoms with E-state index in [1.165, 1.54) is 0 Å². The molecule has 88 valence electrons. The van der Waals surface area contributed by atoms with Gasteiger partial charge < -0.3 is 15.5 Å². The summed E-state index contributed by atoms with van der Waals surface area (Å²) in [5, 5.41) is 0. The molecular formula is C11H17BrN4. The normalized spacial score (nSPS) is 22.4. The maximum atomic E-state index is 5.83. The predicted octanol–water partition coefficient (Wildman–Crippen LogP) is 0.923. The van der Waals surface area contributed by atoms with E-state index >= 15 is 0 Å². The van der Waals surface area contributed by atoms with E-state index in [0.717, 1.165) is 29.9 Å². The first-order chi connectivity index (χ1) is 7.72. The highest BCUT2D eigenvalue weighted by Crippen LogP contribution is 2.25. The third-order valence-electron chi connectivity index (χ3n) is 2.97. The third kappa shape index (κ3) is 2.36. The Balaban J connectivity index is 2.22. The molecule has 1 atom stereocenters. The van der Waals surface area contributed by atoms with Gasteiger partial charge in [-0.2, -0.15) is 0 Å². The lowest BCUT2D eigenvalue weighted by atomic mass is 10.1.